The van der Waals surface area contributed by atoms with Crippen molar-refractivity contribution in [1.29, 1.82) is 0 Å². The lowest BCUT2D eigenvalue weighted by atomic mass is 9.82. The second-order valence-electron chi connectivity index (χ2n) is 7.95. The van der Waals surface area contributed by atoms with E-state index in [2.05, 4.69) is 0 Å². The number of ketones is 1. The van der Waals surface area contributed by atoms with Crippen molar-refractivity contribution in [2.75, 3.05) is 45.4 Å². The van der Waals surface area contributed by atoms with Crippen molar-refractivity contribution >= 4 is 29.0 Å². The number of aliphatic hydroxyl groups is 1. The zero-order chi connectivity index (χ0) is 23.3. The third kappa shape index (κ3) is 2.78. The van der Waals surface area contributed by atoms with Gasteiger partial charge in [0.15, 0.2) is 17.0 Å². The van der Waals surface area contributed by atoms with Gasteiger partial charge in [0.1, 0.15) is 19.0 Å². The Bertz CT molecular complexity index is 1220. The summed E-state index contributed by atoms with van der Waals surface area (Å²) >= 11 is 0. The summed E-state index contributed by atoms with van der Waals surface area (Å²) in [6.07, 6.45) is 0. The number of hydrogen-bond acceptors (Lipinski definition) is 7. The van der Waals surface area contributed by atoms with Crippen molar-refractivity contribution in [2.45, 2.75) is 5.54 Å². The number of fused-ring (bicyclic) bond motifs is 3. The number of likely N-dealkylation sites (tertiary alicyclic amines) is 1. The monoisotopic (exact) mass is 450 g/mol. The lowest BCUT2D eigenvalue weighted by Crippen LogP contribution is -2.52. The second kappa shape index (κ2) is 7.63. The van der Waals surface area contributed by atoms with Gasteiger partial charge in [0.25, 0.3) is 17.6 Å². The Balaban J connectivity index is 1.78. The second-order valence-corrected chi connectivity index (χ2v) is 7.95. The molecule has 3 aliphatic rings. The van der Waals surface area contributed by atoms with Crippen LogP contribution in [0, 0.1) is 0 Å². The number of nitrogens with zero attached hydrogens (tertiary/aromatic N) is 2. The van der Waals surface area contributed by atoms with Gasteiger partial charge in [0.05, 0.1) is 12.2 Å². The van der Waals surface area contributed by atoms with Gasteiger partial charge in [0.2, 0.25) is 0 Å². The molecule has 1 atom stereocenters. The Morgan fingerprint density at radius 2 is 1.82 bits per heavy atom. The summed E-state index contributed by atoms with van der Waals surface area (Å²) in [5.41, 5.74) is -0.827. The van der Waals surface area contributed by atoms with Gasteiger partial charge in [-0.3, -0.25) is 14.4 Å². The normalized spacial score (nSPS) is 22.9. The smallest absolute Gasteiger partial charge is 0.296 e. The molecule has 0 bridgehead atoms. The van der Waals surface area contributed by atoms with Gasteiger partial charge in [-0.05, 0) is 24.3 Å². The summed E-state index contributed by atoms with van der Waals surface area (Å²) in [5, 5.41) is 11.4. The number of amides is 2. The summed E-state index contributed by atoms with van der Waals surface area (Å²) in [6, 6.07) is 11.6. The summed E-state index contributed by atoms with van der Waals surface area (Å²) in [5.74, 6) is -1.85. The molecule has 1 spiro atoms. The van der Waals surface area contributed by atoms with Crippen molar-refractivity contribution in [3.8, 4) is 11.5 Å². The number of Topliss-reactive ketones (excluding diaryl/α,β-unsaturated/α-hetero) is 1. The molecular formula is C24H22N2O7. The number of likely N-dealkylation sites (N-methyl/N-ethyl adjacent to an activating group) is 1. The highest BCUT2D eigenvalue weighted by molar-refractivity contribution is 6.50. The van der Waals surface area contributed by atoms with E-state index in [0.29, 0.717) is 36.0 Å². The van der Waals surface area contributed by atoms with Crippen LogP contribution in [0.5, 0.6) is 11.5 Å². The minimum atomic E-state index is -1.80. The molecule has 0 aliphatic carbocycles. The Morgan fingerprint density at radius 3 is 2.58 bits per heavy atom. The topological polar surface area (TPSA) is 106 Å². The number of para-hydroxylation sites is 1. The number of ether oxygens (including phenoxy) is 3. The fraction of sp³-hybridized carbons (Fsp3) is 0.292. The molecule has 9 nitrogen and oxygen atoms in total. The van der Waals surface area contributed by atoms with E-state index in [0.717, 1.165) is 0 Å². The predicted octanol–water partition coefficient (Wildman–Crippen LogP) is 1.66. The highest BCUT2D eigenvalue weighted by Crippen LogP contribution is 2.53. The first kappa shape index (κ1) is 21.0. The molecule has 1 N–H and O–H groups in total. The molecule has 3 heterocycles. The van der Waals surface area contributed by atoms with Crippen LogP contribution in [-0.2, 0) is 24.7 Å². The van der Waals surface area contributed by atoms with Crippen LogP contribution in [0.2, 0.25) is 0 Å². The maximum absolute atomic E-state index is 13.8. The molecule has 5 rings (SSSR count). The van der Waals surface area contributed by atoms with Gasteiger partial charge in [-0.1, -0.05) is 18.2 Å². The van der Waals surface area contributed by atoms with Crippen molar-refractivity contribution in [3.05, 3.63) is 59.2 Å². The van der Waals surface area contributed by atoms with Gasteiger partial charge < -0.3 is 29.1 Å². The first-order chi connectivity index (χ1) is 15.9. The largest absolute Gasteiger partial charge is 0.507 e. The number of rotatable bonds is 4. The molecule has 0 radical (unpaired) electrons. The summed E-state index contributed by atoms with van der Waals surface area (Å²) in [6.45, 7) is 0.850. The molecule has 9 heteroatoms. The maximum Gasteiger partial charge on any atom is 0.296 e. The van der Waals surface area contributed by atoms with Crippen LogP contribution in [-0.4, -0.2) is 68.1 Å². The van der Waals surface area contributed by atoms with Crippen LogP contribution in [0.15, 0.2) is 48.0 Å². The molecule has 0 aromatic heterocycles. The van der Waals surface area contributed by atoms with Crippen LogP contribution >= 0.6 is 0 Å². The lowest BCUT2D eigenvalue weighted by Gasteiger charge is -2.34. The average molecular weight is 450 g/mol. The number of anilines is 1. The fourth-order valence-corrected chi connectivity index (χ4v) is 4.79. The van der Waals surface area contributed by atoms with E-state index in [1.54, 1.807) is 43.4 Å². The minimum Gasteiger partial charge on any atom is -0.507 e. The van der Waals surface area contributed by atoms with Crippen molar-refractivity contribution in [2.24, 2.45) is 0 Å². The van der Waals surface area contributed by atoms with Gasteiger partial charge >= 0.3 is 0 Å². The molecule has 2 aromatic rings. The number of methoxy groups -OCH3 is 1. The highest BCUT2D eigenvalue weighted by Gasteiger charge is 2.66. The van der Waals surface area contributed by atoms with Crippen molar-refractivity contribution in [3.63, 3.8) is 0 Å². The minimum absolute atomic E-state index is 0.00704. The van der Waals surface area contributed by atoms with E-state index in [-0.39, 0.29) is 24.3 Å². The average Bonchev–Trinajstić information content (AvgIpc) is 3.20. The van der Waals surface area contributed by atoms with Crippen LogP contribution in [0.4, 0.5) is 5.69 Å². The molecular weight excluding hydrogens is 428 g/mol. The van der Waals surface area contributed by atoms with Crippen LogP contribution < -0.4 is 14.4 Å². The summed E-state index contributed by atoms with van der Waals surface area (Å²) in [4.78, 5) is 42.9. The number of benzene rings is 2. The van der Waals surface area contributed by atoms with Crippen LogP contribution in [0.3, 0.4) is 0 Å². The standard InChI is InChI=1S/C24H22N2O7/c1-25-16-6-4-3-5-15(16)24(23(25)30)19(21(28)22(29)26(24)9-10-31-2)20(27)14-7-8-17-18(13-14)33-12-11-32-17/h3-8,13,27H,9-12H2,1-2H3/b20-19-/t24-/m0/s1. The number of aliphatic hydroxyl groups excluding tert-OH is 1. The fourth-order valence-electron chi connectivity index (χ4n) is 4.79. The number of carbonyl (C=O) groups excluding carboxylic acids is 3. The number of carbonyl (C=O) groups is 3. The van der Waals surface area contributed by atoms with E-state index in [4.69, 9.17) is 14.2 Å². The molecule has 3 aliphatic heterocycles. The Labute approximate surface area is 189 Å². The Kier molecular flexibility index (Phi) is 4.86. The Morgan fingerprint density at radius 1 is 1.09 bits per heavy atom. The van der Waals surface area contributed by atoms with Gasteiger partial charge in [-0.15, -0.1) is 0 Å². The molecule has 2 aromatic carbocycles. The summed E-state index contributed by atoms with van der Waals surface area (Å²) < 4.78 is 16.3. The van der Waals surface area contributed by atoms with Crippen molar-refractivity contribution in [1.82, 2.24) is 4.90 Å². The Hall–Kier alpha value is -3.85. The van der Waals surface area contributed by atoms with Gasteiger partial charge in [0, 0.05) is 37.5 Å². The lowest BCUT2D eigenvalue weighted by molar-refractivity contribution is -0.144. The molecule has 0 saturated carbocycles. The predicted molar refractivity (Wildman–Crippen MR) is 117 cm³/mol. The van der Waals surface area contributed by atoms with Crippen LogP contribution in [0.1, 0.15) is 11.1 Å². The SMILES string of the molecule is COCCN1C(=O)C(=O)/C(=C(/O)c2ccc3c(c2)OCCO3)[C@@]12C(=O)N(C)c1ccccc12. The third-order valence-corrected chi connectivity index (χ3v) is 6.27. The van der Waals surface area contributed by atoms with E-state index in [1.807, 2.05) is 0 Å². The third-order valence-electron chi connectivity index (χ3n) is 6.27. The maximum atomic E-state index is 13.8. The molecule has 170 valence electrons. The van der Waals surface area contributed by atoms with Crippen molar-refractivity contribution < 1.29 is 33.7 Å². The van der Waals surface area contributed by atoms with Crippen LogP contribution in [0.25, 0.3) is 5.76 Å². The van der Waals surface area contributed by atoms with Gasteiger partial charge in [-0.2, -0.15) is 0 Å². The summed E-state index contributed by atoms with van der Waals surface area (Å²) in [7, 11) is 3.05. The van der Waals surface area contributed by atoms with Gasteiger partial charge in [-0.25, -0.2) is 0 Å². The quantitative estimate of drug-likeness (QED) is 0.429. The first-order valence-corrected chi connectivity index (χ1v) is 10.5. The molecule has 1 saturated heterocycles. The zero-order valence-corrected chi connectivity index (χ0v) is 18.2. The van der Waals surface area contributed by atoms with E-state index in [9.17, 15) is 19.5 Å². The van der Waals surface area contributed by atoms with E-state index in [1.165, 1.54) is 23.0 Å². The molecule has 1 fully saturated rings. The van der Waals surface area contributed by atoms with E-state index >= 15 is 0 Å². The molecule has 0 unspecified atom stereocenters. The molecule has 2 amide bonds. The van der Waals surface area contributed by atoms with E-state index < -0.39 is 28.9 Å². The number of hydrogen-bond donors (Lipinski definition) is 1. The zero-order valence-electron chi connectivity index (χ0n) is 18.2. The molecule has 33 heavy (non-hydrogen) atoms. The highest BCUT2D eigenvalue weighted by atomic mass is 16.6. The first-order valence-electron chi connectivity index (χ1n) is 10.5.